The molecule has 3 rings (SSSR count). The van der Waals surface area contributed by atoms with E-state index in [1.807, 2.05) is 0 Å². The largest absolute Gasteiger partial charge is 0.344 e. The van der Waals surface area contributed by atoms with Gasteiger partial charge in [-0.05, 0) is 24.6 Å². The number of benzene rings is 1. The van der Waals surface area contributed by atoms with E-state index in [9.17, 15) is 13.6 Å². The Morgan fingerprint density at radius 3 is 2.87 bits per heavy atom. The highest BCUT2D eigenvalue weighted by molar-refractivity contribution is 7.13. The quantitative estimate of drug-likeness (QED) is 0.768. The Morgan fingerprint density at radius 1 is 1.35 bits per heavy atom. The van der Waals surface area contributed by atoms with Gasteiger partial charge in [0.1, 0.15) is 12.0 Å². The molecule has 2 heterocycles. The first-order chi connectivity index (χ1) is 11.0. The molecule has 0 unspecified atom stereocenters. The van der Waals surface area contributed by atoms with Crippen LogP contribution in [0.15, 0.2) is 29.9 Å². The number of nitrogens with zero attached hydrogens (tertiary/aromatic N) is 3. The number of aromatic amines is 1. The van der Waals surface area contributed by atoms with Crippen molar-refractivity contribution < 1.29 is 13.6 Å². The molecule has 3 aromatic rings. The molecule has 23 heavy (non-hydrogen) atoms. The molecule has 1 aromatic carbocycles. The Balaban J connectivity index is 1.72. The summed E-state index contributed by atoms with van der Waals surface area (Å²) in [6, 6.07) is 3.01. The van der Waals surface area contributed by atoms with E-state index in [2.05, 4.69) is 25.5 Å². The van der Waals surface area contributed by atoms with Gasteiger partial charge in [0.15, 0.2) is 22.5 Å². The van der Waals surface area contributed by atoms with E-state index in [1.165, 1.54) is 23.7 Å². The van der Waals surface area contributed by atoms with Crippen molar-refractivity contribution >= 4 is 17.2 Å². The maximum Gasteiger partial charge on any atom is 0.271 e. The fourth-order valence-electron chi connectivity index (χ4n) is 1.93. The normalized spacial score (nSPS) is 12.1. The van der Waals surface area contributed by atoms with Gasteiger partial charge in [-0.2, -0.15) is 5.10 Å². The van der Waals surface area contributed by atoms with Crippen molar-refractivity contribution in [2.75, 3.05) is 0 Å². The first-order valence-corrected chi connectivity index (χ1v) is 7.49. The number of H-pyrrole nitrogens is 1. The van der Waals surface area contributed by atoms with Crippen LogP contribution in [-0.4, -0.2) is 26.1 Å². The number of halogens is 2. The third kappa shape index (κ3) is 3.24. The summed E-state index contributed by atoms with van der Waals surface area (Å²) in [5.41, 5.74) is 0.679. The van der Waals surface area contributed by atoms with Gasteiger partial charge >= 0.3 is 0 Å². The number of hydrogen-bond donors (Lipinski definition) is 2. The van der Waals surface area contributed by atoms with Gasteiger partial charge in [0.2, 0.25) is 0 Å². The van der Waals surface area contributed by atoms with E-state index in [1.54, 1.807) is 12.3 Å². The van der Waals surface area contributed by atoms with Crippen LogP contribution < -0.4 is 5.32 Å². The third-order valence-electron chi connectivity index (χ3n) is 3.15. The Hall–Kier alpha value is -2.68. The average Bonchev–Trinajstić information content (AvgIpc) is 3.20. The van der Waals surface area contributed by atoms with E-state index in [-0.39, 0.29) is 5.69 Å². The number of thiazole rings is 1. The van der Waals surface area contributed by atoms with Crippen molar-refractivity contribution in [3.63, 3.8) is 0 Å². The maximum absolute atomic E-state index is 13.2. The van der Waals surface area contributed by atoms with E-state index in [0.717, 1.165) is 12.1 Å². The van der Waals surface area contributed by atoms with Crippen molar-refractivity contribution in [3.05, 3.63) is 52.8 Å². The van der Waals surface area contributed by atoms with Crippen LogP contribution in [0.1, 0.15) is 29.0 Å². The number of nitrogens with one attached hydrogen (secondary N) is 2. The Labute approximate surface area is 133 Å². The van der Waals surface area contributed by atoms with Gasteiger partial charge < -0.3 is 5.32 Å². The second-order valence-corrected chi connectivity index (χ2v) is 5.60. The summed E-state index contributed by atoms with van der Waals surface area (Å²) in [5.74, 6) is -1.82. The smallest absolute Gasteiger partial charge is 0.271 e. The molecule has 0 aliphatic heterocycles. The average molecular weight is 335 g/mol. The minimum absolute atomic E-state index is 0.218. The number of carbonyl (C=O) groups excluding carboxylic acids is 1. The van der Waals surface area contributed by atoms with Crippen LogP contribution in [0, 0.1) is 11.6 Å². The summed E-state index contributed by atoms with van der Waals surface area (Å²) < 4.78 is 26.2. The fourth-order valence-corrected chi connectivity index (χ4v) is 2.67. The Morgan fingerprint density at radius 2 is 2.17 bits per heavy atom. The van der Waals surface area contributed by atoms with Crippen molar-refractivity contribution in [1.82, 2.24) is 25.5 Å². The molecule has 9 heteroatoms. The molecule has 2 aromatic heterocycles. The Bertz CT molecular complexity index is 834. The van der Waals surface area contributed by atoms with Gasteiger partial charge in [-0.15, -0.1) is 11.3 Å². The van der Waals surface area contributed by atoms with Crippen LogP contribution in [0.25, 0.3) is 10.8 Å². The molecule has 118 valence electrons. The topological polar surface area (TPSA) is 83.6 Å². The zero-order chi connectivity index (χ0) is 16.4. The molecule has 0 saturated carbocycles. The predicted molar refractivity (Wildman–Crippen MR) is 79.7 cm³/mol. The second kappa shape index (κ2) is 6.21. The summed E-state index contributed by atoms with van der Waals surface area (Å²) in [5, 5.41) is 11.2. The number of carbonyl (C=O) groups is 1. The van der Waals surface area contributed by atoms with E-state index in [4.69, 9.17) is 0 Å². The van der Waals surface area contributed by atoms with Crippen LogP contribution in [0.3, 0.4) is 0 Å². The van der Waals surface area contributed by atoms with E-state index < -0.39 is 23.6 Å². The molecule has 1 atom stereocenters. The highest BCUT2D eigenvalue weighted by Gasteiger charge is 2.17. The van der Waals surface area contributed by atoms with Gasteiger partial charge in [0.25, 0.3) is 5.91 Å². The first kappa shape index (κ1) is 15.2. The summed E-state index contributed by atoms with van der Waals surface area (Å²) in [4.78, 5) is 20.3. The van der Waals surface area contributed by atoms with Crippen molar-refractivity contribution in [1.29, 1.82) is 0 Å². The summed E-state index contributed by atoms with van der Waals surface area (Å²) >= 11 is 1.25. The molecular weight excluding hydrogens is 324 g/mol. The summed E-state index contributed by atoms with van der Waals surface area (Å²) in [6.07, 6.45) is 1.35. The van der Waals surface area contributed by atoms with Gasteiger partial charge in [0.05, 0.1) is 6.04 Å². The standard InChI is InChI=1S/C14H11F2N5OS/c1-7(8-2-3-9(15)10(16)4-8)19-13(22)11-5-23-14(20-11)12-17-6-18-21-12/h2-7H,1H3,(H,19,22)(H,17,18,21)/t7-/m0/s1. The van der Waals surface area contributed by atoms with Crippen LogP contribution in [-0.2, 0) is 0 Å². The van der Waals surface area contributed by atoms with Crippen LogP contribution in [0.2, 0.25) is 0 Å². The highest BCUT2D eigenvalue weighted by Crippen LogP contribution is 2.21. The molecule has 2 N–H and O–H groups in total. The number of rotatable bonds is 4. The lowest BCUT2D eigenvalue weighted by molar-refractivity contribution is 0.0935. The van der Waals surface area contributed by atoms with Gasteiger partial charge in [-0.3, -0.25) is 9.89 Å². The molecule has 0 radical (unpaired) electrons. The zero-order valence-electron chi connectivity index (χ0n) is 11.9. The molecular formula is C14H11F2N5OS. The minimum Gasteiger partial charge on any atom is -0.344 e. The van der Waals surface area contributed by atoms with Gasteiger partial charge in [0, 0.05) is 5.38 Å². The predicted octanol–water partition coefficient (Wildman–Crippen LogP) is 2.70. The van der Waals surface area contributed by atoms with Crippen molar-refractivity contribution in [2.24, 2.45) is 0 Å². The van der Waals surface area contributed by atoms with Gasteiger partial charge in [-0.1, -0.05) is 6.07 Å². The molecule has 0 saturated heterocycles. The van der Waals surface area contributed by atoms with Crippen LogP contribution in [0.5, 0.6) is 0 Å². The highest BCUT2D eigenvalue weighted by atomic mass is 32.1. The van der Waals surface area contributed by atoms with Crippen LogP contribution in [0.4, 0.5) is 8.78 Å². The summed E-state index contributed by atoms with van der Waals surface area (Å²) in [6.45, 7) is 1.67. The fraction of sp³-hybridized carbons (Fsp3) is 0.143. The maximum atomic E-state index is 13.2. The van der Waals surface area contributed by atoms with E-state index in [0.29, 0.717) is 16.4 Å². The lowest BCUT2D eigenvalue weighted by Gasteiger charge is -2.13. The molecule has 6 nitrogen and oxygen atoms in total. The number of hydrogen-bond acceptors (Lipinski definition) is 5. The third-order valence-corrected chi connectivity index (χ3v) is 3.99. The molecule has 0 bridgehead atoms. The lowest BCUT2D eigenvalue weighted by atomic mass is 10.1. The first-order valence-electron chi connectivity index (χ1n) is 6.61. The second-order valence-electron chi connectivity index (χ2n) is 4.74. The number of amides is 1. The van der Waals surface area contributed by atoms with Gasteiger partial charge in [-0.25, -0.2) is 18.7 Å². The van der Waals surface area contributed by atoms with Crippen LogP contribution >= 0.6 is 11.3 Å². The molecule has 0 fully saturated rings. The van der Waals surface area contributed by atoms with Crippen molar-refractivity contribution in [2.45, 2.75) is 13.0 Å². The zero-order valence-corrected chi connectivity index (χ0v) is 12.7. The SMILES string of the molecule is C[C@H](NC(=O)c1csc(-c2ncn[nH]2)n1)c1ccc(F)c(F)c1. The lowest BCUT2D eigenvalue weighted by Crippen LogP contribution is -2.27. The molecule has 0 spiro atoms. The monoisotopic (exact) mass is 335 g/mol. The van der Waals surface area contributed by atoms with E-state index >= 15 is 0 Å². The molecule has 1 amide bonds. The molecule has 0 aliphatic carbocycles. The Kier molecular flexibility index (Phi) is 4.11. The summed E-state index contributed by atoms with van der Waals surface area (Å²) in [7, 11) is 0. The molecule has 0 aliphatic rings. The van der Waals surface area contributed by atoms with Crippen molar-refractivity contribution in [3.8, 4) is 10.8 Å². The number of aromatic nitrogens is 4. The minimum atomic E-state index is -0.954.